The normalized spacial score (nSPS) is 11.1. The highest BCUT2D eigenvalue weighted by Crippen LogP contribution is 2.44. The van der Waals surface area contributed by atoms with Crippen LogP contribution in [0.1, 0.15) is 0 Å². The van der Waals surface area contributed by atoms with Crippen LogP contribution in [0.5, 0.6) is 23.0 Å². The van der Waals surface area contributed by atoms with Gasteiger partial charge in [0.1, 0.15) is 41.2 Å². The van der Waals surface area contributed by atoms with E-state index in [4.69, 9.17) is 33.8 Å². The van der Waals surface area contributed by atoms with E-state index in [-0.39, 0.29) is 34.5 Å². The van der Waals surface area contributed by atoms with E-state index in [0.717, 1.165) is 0 Å². The van der Waals surface area contributed by atoms with Crippen molar-refractivity contribution in [2.24, 2.45) is 5.73 Å². The number of hydrogen-bond acceptors (Lipinski definition) is 8. The van der Waals surface area contributed by atoms with Gasteiger partial charge in [0.2, 0.25) is 0 Å². The summed E-state index contributed by atoms with van der Waals surface area (Å²) in [5, 5.41) is 1.38. The molecule has 0 aliphatic heterocycles. The molecule has 0 bridgehead atoms. The van der Waals surface area contributed by atoms with Crippen LogP contribution in [-0.4, -0.2) is 47.7 Å². The molecule has 35 heavy (non-hydrogen) atoms. The number of methoxy groups -OCH3 is 3. The smallest absolute Gasteiger partial charge is 0.193 e. The van der Waals surface area contributed by atoms with E-state index in [9.17, 15) is 9.18 Å². The topological polar surface area (TPSA) is 102 Å². The number of ether oxygens (including phenoxy) is 5. The second-order valence-corrected chi connectivity index (χ2v) is 7.58. The predicted octanol–water partition coefficient (Wildman–Crippen LogP) is 4.13. The van der Waals surface area contributed by atoms with E-state index in [0.29, 0.717) is 53.3 Å². The van der Waals surface area contributed by atoms with E-state index >= 15 is 0 Å². The molecule has 3 aromatic carbocycles. The van der Waals surface area contributed by atoms with Gasteiger partial charge in [0.05, 0.1) is 50.7 Å². The molecule has 0 radical (unpaired) electrons. The zero-order valence-electron chi connectivity index (χ0n) is 19.7. The van der Waals surface area contributed by atoms with Crippen LogP contribution >= 0.6 is 0 Å². The molecule has 1 aromatic heterocycles. The van der Waals surface area contributed by atoms with E-state index < -0.39 is 5.82 Å². The summed E-state index contributed by atoms with van der Waals surface area (Å²) in [5.41, 5.74) is 5.67. The highest BCUT2D eigenvalue weighted by molar-refractivity contribution is 6.13. The number of rotatable bonds is 10. The molecular weight excluding hydrogens is 457 g/mol. The van der Waals surface area contributed by atoms with E-state index in [1.165, 1.54) is 39.5 Å². The Labute approximate surface area is 200 Å². The van der Waals surface area contributed by atoms with Gasteiger partial charge in [0.15, 0.2) is 11.0 Å². The van der Waals surface area contributed by atoms with Crippen LogP contribution in [0.25, 0.3) is 33.1 Å². The van der Waals surface area contributed by atoms with Gasteiger partial charge in [0, 0.05) is 24.2 Å². The second-order valence-electron chi connectivity index (χ2n) is 7.58. The van der Waals surface area contributed by atoms with E-state index in [1.807, 2.05) is 0 Å². The first kappa shape index (κ1) is 24.3. The van der Waals surface area contributed by atoms with Crippen molar-refractivity contribution in [2.75, 3.05) is 47.7 Å². The summed E-state index contributed by atoms with van der Waals surface area (Å²) in [6.07, 6.45) is 0. The molecule has 9 heteroatoms. The Hall–Kier alpha value is -3.82. The summed E-state index contributed by atoms with van der Waals surface area (Å²) in [6, 6.07) is 10.5. The van der Waals surface area contributed by atoms with Gasteiger partial charge < -0.3 is 33.8 Å². The summed E-state index contributed by atoms with van der Waals surface area (Å²) in [7, 11) is 4.56. The Morgan fingerprint density at radius 3 is 2.26 bits per heavy atom. The van der Waals surface area contributed by atoms with E-state index in [1.54, 1.807) is 24.3 Å². The zero-order valence-corrected chi connectivity index (χ0v) is 19.7. The molecule has 0 unspecified atom stereocenters. The van der Waals surface area contributed by atoms with E-state index in [2.05, 4.69) is 0 Å². The molecule has 0 aliphatic rings. The molecular formula is C26H26FNO7. The third-order valence-electron chi connectivity index (χ3n) is 5.44. The Bertz CT molecular complexity index is 1420. The molecule has 8 nitrogen and oxygen atoms in total. The van der Waals surface area contributed by atoms with Crippen LogP contribution in [0.4, 0.5) is 4.39 Å². The van der Waals surface area contributed by atoms with Crippen LogP contribution in [-0.2, 0) is 4.74 Å². The number of halogens is 1. The minimum Gasteiger partial charge on any atom is -0.496 e. The third-order valence-corrected chi connectivity index (χ3v) is 5.44. The largest absolute Gasteiger partial charge is 0.496 e. The lowest BCUT2D eigenvalue weighted by atomic mass is 10.0. The van der Waals surface area contributed by atoms with Crippen LogP contribution in [0, 0.1) is 5.82 Å². The van der Waals surface area contributed by atoms with Gasteiger partial charge in [-0.15, -0.1) is 0 Å². The minimum absolute atomic E-state index is 0.169. The van der Waals surface area contributed by atoms with Crippen molar-refractivity contribution in [3.8, 4) is 34.3 Å². The van der Waals surface area contributed by atoms with Crippen LogP contribution in [0.3, 0.4) is 0 Å². The van der Waals surface area contributed by atoms with Crippen molar-refractivity contribution in [2.45, 2.75) is 0 Å². The average molecular weight is 483 g/mol. The Morgan fingerprint density at radius 2 is 1.57 bits per heavy atom. The highest BCUT2D eigenvalue weighted by atomic mass is 19.1. The molecule has 0 aliphatic carbocycles. The first-order valence-electron chi connectivity index (χ1n) is 10.9. The van der Waals surface area contributed by atoms with Gasteiger partial charge in [-0.1, -0.05) is 0 Å². The number of hydrogen-bond donors (Lipinski definition) is 1. The summed E-state index contributed by atoms with van der Waals surface area (Å²) in [4.78, 5) is 13.1. The molecule has 0 saturated heterocycles. The SMILES string of the molecule is COc1ccc(OC)c2c1c(OC)cc1c(=O)cc(-c3cc(F)cc(OCCOCCN)c3)oc12. The second kappa shape index (κ2) is 10.6. The average Bonchev–Trinajstić information content (AvgIpc) is 2.87. The monoisotopic (exact) mass is 483 g/mol. The van der Waals surface area contributed by atoms with Crippen molar-refractivity contribution >= 4 is 21.7 Å². The van der Waals surface area contributed by atoms with Crippen molar-refractivity contribution in [3.63, 3.8) is 0 Å². The first-order chi connectivity index (χ1) is 17.0. The van der Waals surface area contributed by atoms with Gasteiger partial charge in [-0.25, -0.2) is 4.39 Å². The van der Waals surface area contributed by atoms with Crippen molar-refractivity contribution in [1.82, 2.24) is 0 Å². The molecule has 1 heterocycles. The summed E-state index contributed by atoms with van der Waals surface area (Å²) < 4.78 is 48.1. The molecule has 0 fully saturated rings. The molecule has 2 N–H and O–H groups in total. The maximum Gasteiger partial charge on any atom is 0.193 e. The predicted molar refractivity (Wildman–Crippen MR) is 130 cm³/mol. The van der Waals surface area contributed by atoms with Crippen LogP contribution in [0.2, 0.25) is 0 Å². The number of nitrogens with two attached hydrogens (primary N) is 1. The number of fused-ring (bicyclic) bond motifs is 3. The molecule has 0 amide bonds. The molecule has 0 saturated carbocycles. The molecule has 4 rings (SSSR count). The van der Waals surface area contributed by atoms with Crippen LogP contribution < -0.4 is 30.1 Å². The number of benzene rings is 3. The third kappa shape index (κ3) is 4.87. The fourth-order valence-corrected chi connectivity index (χ4v) is 3.90. The quantitative estimate of drug-likeness (QED) is 0.265. The summed E-state index contributed by atoms with van der Waals surface area (Å²) in [6.45, 7) is 1.34. The lowest BCUT2D eigenvalue weighted by Gasteiger charge is -2.15. The fraction of sp³-hybridized carbons (Fsp3) is 0.269. The van der Waals surface area contributed by atoms with Crippen molar-refractivity contribution in [1.29, 1.82) is 0 Å². The van der Waals surface area contributed by atoms with Gasteiger partial charge in [-0.05, 0) is 30.3 Å². The van der Waals surface area contributed by atoms with Gasteiger partial charge in [-0.2, -0.15) is 0 Å². The summed E-state index contributed by atoms with van der Waals surface area (Å²) >= 11 is 0. The first-order valence-corrected chi connectivity index (χ1v) is 10.9. The molecule has 4 aromatic rings. The Kier molecular flexibility index (Phi) is 7.38. The van der Waals surface area contributed by atoms with Gasteiger partial charge in [0.25, 0.3) is 0 Å². The Balaban J connectivity index is 1.88. The molecule has 0 spiro atoms. The molecule has 0 atom stereocenters. The fourth-order valence-electron chi connectivity index (χ4n) is 3.90. The van der Waals surface area contributed by atoms with Crippen LogP contribution in [0.15, 0.2) is 51.7 Å². The molecule has 184 valence electrons. The van der Waals surface area contributed by atoms with Crippen molar-refractivity contribution in [3.05, 3.63) is 58.5 Å². The van der Waals surface area contributed by atoms with Gasteiger partial charge >= 0.3 is 0 Å². The maximum atomic E-state index is 14.4. The minimum atomic E-state index is -0.540. The Morgan fingerprint density at radius 1 is 0.857 bits per heavy atom. The summed E-state index contributed by atoms with van der Waals surface area (Å²) in [5.74, 6) is 1.32. The highest BCUT2D eigenvalue weighted by Gasteiger charge is 2.20. The maximum absolute atomic E-state index is 14.4. The lowest BCUT2D eigenvalue weighted by molar-refractivity contribution is 0.106. The standard InChI is InChI=1S/C26H26FNO7/c1-30-20-4-5-21(31-2)25-24(20)23(32-3)13-18-19(29)14-22(35-26(18)25)15-10-16(27)12-17(11-15)34-9-8-33-7-6-28/h4-5,10-14H,6-9,28H2,1-3H3. The van der Waals surface area contributed by atoms with Gasteiger partial charge in [-0.3, -0.25) is 4.79 Å². The zero-order chi connectivity index (χ0) is 24.9. The lowest BCUT2D eigenvalue weighted by Crippen LogP contribution is -2.13. The van der Waals surface area contributed by atoms with Crippen molar-refractivity contribution < 1.29 is 32.5 Å².